The normalized spacial score (nSPS) is 19.4. The van der Waals surface area contributed by atoms with Crippen LogP contribution in [-0.2, 0) is 29.5 Å². The maximum absolute atomic E-state index is 12.5. The Balaban J connectivity index is 0.00000392. The summed E-state index contributed by atoms with van der Waals surface area (Å²) in [5, 5.41) is 7.24. The monoisotopic (exact) mass is 442 g/mol. The number of anilines is 1. The van der Waals surface area contributed by atoms with E-state index in [1.165, 1.54) is 26.6 Å². The predicted molar refractivity (Wildman–Crippen MR) is 91.0 cm³/mol. The fourth-order valence-electron chi connectivity index (χ4n) is 2.26. The standard InChI is InChI=1S/C12H16N6O7S2.Na/c1-17(2)11(21)8-7(10(20)18(8)27(22,23)24)15-9(19)6(16-25-3)5-4-26-12(13)14-5;/h4,7-8H,1-3H3,(H2,13,14)(H,15,19)(H,22,23,24);/q;+1/p-1/t7-,8-;/m1./s1. The number of nitrogens with zero attached hydrogens (tertiary/aromatic N) is 4. The molecule has 1 fully saturated rings. The first-order valence-corrected chi connectivity index (χ1v) is 9.37. The van der Waals surface area contributed by atoms with Crippen molar-refractivity contribution in [3.8, 4) is 0 Å². The van der Waals surface area contributed by atoms with Crippen molar-refractivity contribution in [2.24, 2.45) is 5.16 Å². The fourth-order valence-corrected chi connectivity index (χ4v) is 3.63. The molecule has 2 heterocycles. The van der Waals surface area contributed by atoms with Gasteiger partial charge in [0, 0.05) is 19.5 Å². The van der Waals surface area contributed by atoms with E-state index in [4.69, 9.17) is 5.73 Å². The summed E-state index contributed by atoms with van der Waals surface area (Å²) in [6.45, 7) is 0. The Kier molecular flexibility index (Phi) is 7.92. The number of nitrogens with one attached hydrogen (secondary N) is 1. The molecule has 0 aliphatic carbocycles. The van der Waals surface area contributed by atoms with Gasteiger partial charge in [-0.1, -0.05) is 5.16 Å². The molecule has 1 aromatic rings. The third-order valence-corrected chi connectivity index (χ3v) is 5.00. The van der Waals surface area contributed by atoms with Gasteiger partial charge in [-0.25, -0.2) is 17.7 Å². The number of hydrogen-bond acceptors (Lipinski definition) is 11. The predicted octanol–water partition coefficient (Wildman–Crippen LogP) is -5.68. The summed E-state index contributed by atoms with van der Waals surface area (Å²) in [7, 11) is -1.47. The van der Waals surface area contributed by atoms with Gasteiger partial charge in [-0.15, -0.1) is 11.3 Å². The van der Waals surface area contributed by atoms with Crippen LogP contribution in [0.25, 0.3) is 0 Å². The number of nitrogen functional groups attached to an aromatic ring is 1. The molecule has 2 rings (SSSR count). The molecular weight excluding hydrogens is 427 g/mol. The van der Waals surface area contributed by atoms with E-state index >= 15 is 0 Å². The molecule has 1 aromatic heterocycles. The molecule has 1 aliphatic rings. The van der Waals surface area contributed by atoms with Gasteiger partial charge >= 0.3 is 29.6 Å². The molecule has 0 spiro atoms. The van der Waals surface area contributed by atoms with Crippen LogP contribution >= 0.6 is 11.3 Å². The van der Waals surface area contributed by atoms with Crippen molar-refractivity contribution in [1.82, 2.24) is 19.5 Å². The average Bonchev–Trinajstić information content (AvgIpc) is 2.98. The van der Waals surface area contributed by atoms with Crippen molar-refractivity contribution in [2.75, 3.05) is 26.9 Å². The topological polar surface area (TPSA) is 187 Å². The first-order chi connectivity index (χ1) is 12.5. The molecule has 0 bridgehead atoms. The Morgan fingerprint density at radius 2 is 2.07 bits per heavy atom. The minimum atomic E-state index is -5.24. The maximum atomic E-state index is 12.5. The number of hydrogen-bond donors (Lipinski definition) is 2. The zero-order valence-corrected chi connectivity index (χ0v) is 18.9. The van der Waals surface area contributed by atoms with E-state index in [1.807, 2.05) is 0 Å². The van der Waals surface area contributed by atoms with E-state index < -0.39 is 40.1 Å². The van der Waals surface area contributed by atoms with Crippen molar-refractivity contribution in [3.63, 3.8) is 0 Å². The van der Waals surface area contributed by atoms with Crippen molar-refractivity contribution in [2.45, 2.75) is 12.1 Å². The molecule has 1 aliphatic heterocycles. The summed E-state index contributed by atoms with van der Waals surface area (Å²) in [6, 6.07) is -3.28. The molecule has 13 nitrogen and oxygen atoms in total. The van der Waals surface area contributed by atoms with Crippen molar-refractivity contribution >= 4 is 50.2 Å². The van der Waals surface area contributed by atoms with Gasteiger partial charge in [0.15, 0.2) is 27.2 Å². The molecule has 148 valence electrons. The number of likely N-dealkylation sites (N-methyl/N-ethyl adjacent to an activating group) is 1. The van der Waals surface area contributed by atoms with Crippen LogP contribution < -0.4 is 40.6 Å². The van der Waals surface area contributed by atoms with Gasteiger partial charge in [0.1, 0.15) is 18.8 Å². The molecule has 28 heavy (non-hydrogen) atoms. The second kappa shape index (κ2) is 9.15. The Labute approximate surface area is 186 Å². The zero-order chi connectivity index (χ0) is 20.5. The summed E-state index contributed by atoms with van der Waals surface area (Å²) in [6.07, 6.45) is 0. The zero-order valence-electron chi connectivity index (χ0n) is 15.3. The van der Waals surface area contributed by atoms with Crippen molar-refractivity contribution < 1.29 is 61.7 Å². The van der Waals surface area contributed by atoms with Crippen molar-refractivity contribution in [3.05, 3.63) is 11.1 Å². The first-order valence-electron chi connectivity index (χ1n) is 7.12. The number of amides is 3. The van der Waals surface area contributed by atoms with Crippen LogP contribution in [0.3, 0.4) is 0 Å². The van der Waals surface area contributed by atoms with E-state index in [1.54, 1.807) is 0 Å². The molecule has 3 amide bonds. The Bertz CT molecular complexity index is 915. The second-order valence-electron chi connectivity index (χ2n) is 5.41. The largest absolute Gasteiger partial charge is 1.00 e. The van der Waals surface area contributed by atoms with E-state index in [-0.39, 0.29) is 50.4 Å². The van der Waals surface area contributed by atoms with Crippen LogP contribution in [0.2, 0.25) is 0 Å². The van der Waals surface area contributed by atoms with Gasteiger partial charge < -0.3 is 25.3 Å². The molecular formula is C12H15N6NaO7S2. The van der Waals surface area contributed by atoms with Crippen LogP contribution in [0.1, 0.15) is 5.69 Å². The third kappa shape index (κ3) is 4.79. The number of carbonyl (C=O) groups is 3. The van der Waals surface area contributed by atoms with Gasteiger partial charge in [-0.3, -0.25) is 14.4 Å². The van der Waals surface area contributed by atoms with Gasteiger partial charge in [0.2, 0.25) is 5.91 Å². The van der Waals surface area contributed by atoms with Crippen LogP contribution in [0, 0.1) is 0 Å². The third-order valence-electron chi connectivity index (χ3n) is 3.44. The van der Waals surface area contributed by atoms with E-state index in [9.17, 15) is 27.4 Å². The number of aromatic nitrogens is 1. The van der Waals surface area contributed by atoms with E-state index in [0.29, 0.717) is 0 Å². The molecule has 1 saturated heterocycles. The molecule has 0 radical (unpaired) electrons. The molecule has 0 aromatic carbocycles. The number of carbonyl (C=O) groups excluding carboxylic acids is 3. The second-order valence-corrected chi connectivity index (χ2v) is 7.55. The van der Waals surface area contributed by atoms with Crippen LogP contribution in [-0.4, -0.2) is 83.9 Å². The smallest absolute Gasteiger partial charge is 0.731 e. The summed E-state index contributed by atoms with van der Waals surface area (Å²) in [4.78, 5) is 46.1. The SMILES string of the molecule is CON=C(C(=O)N[C@H]1C(=O)N(S(=O)(=O)[O-])[C@H]1C(=O)N(C)C)c1csc(N)n1.[Na+]. The maximum Gasteiger partial charge on any atom is 1.00 e. The Hall–Kier alpha value is -1.78. The number of thiazole rings is 1. The minimum Gasteiger partial charge on any atom is -0.731 e. The van der Waals surface area contributed by atoms with E-state index in [2.05, 4.69) is 20.3 Å². The summed E-state index contributed by atoms with van der Waals surface area (Å²) in [5.41, 5.74) is 5.20. The molecule has 0 saturated carbocycles. The number of oxime groups is 1. The fraction of sp³-hybridized carbons (Fsp3) is 0.417. The minimum absolute atomic E-state index is 0. The van der Waals surface area contributed by atoms with Gasteiger partial charge in [0.25, 0.3) is 11.8 Å². The number of nitrogens with two attached hydrogens (primary N) is 1. The molecule has 16 heteroatoms. The molecule has 0 unspecified atom stereocenters. The summed E-state index contributed by atoms with van der Waals surface area (Å²) < 4.78 is 33.6. The quantitative estimate of drug-likeness (QED) is 0.142. The van der Waals surface area contributed by atoms with Crippen molar-refractivity contribution in [1.29, 1.82) is 0 Å². The van der Waals surface area contributed by atoms with E-state index in [0.717, 1.165) is 16.2 Å². The molecule has 2 atom stereocenters. The average molecular weight is 442 g/mol. The number of rotatable bonds is 6. The van der Waals surface area contributed by atoms with Gasteiger partial charge in [-0.05, 0) is 0 Å². The van der Waals surface area contributed by atoms with Crippen LogP contribution in [0.4, 0.5) is 5.13 Å². The number of β-lactam (4-membered cyclic amide) rings is 1. The Morgan fingerprint density at radius 1 is 1.46 bits per heavy atom. The summed E-state index contributed by atoms with van der Waals surface area (Å²) >= 11 is 1.02. The summed E-state index contributed by atoms with van der Waals surface area (Å²) in [5.74, 6) is -3.07. The van der Waals surface area contributed by atoms with Crippen LogP contribution in [0.5, 0.6) is 0 Å². The Morgan fingerprint density at radius 3 is 2.50 bits per heavy atom. The first kappa shape index (κ1) is 24.3. The van der Waals surface area contributed by atoms with Gasteiger partial charge in [-0.2, -0.15) is 0 Å². The van der Waals surface area contributed by atoms with Gasteiger partial charge in [0.05, 0.1) is 0 Å². The molecule has 3 N–H and O–H groups in total. The van der Waals surface area contributed by atoms with Crippen LogP contribution in [0.15, 0.2) is 10.5 Å².